The summed E-state index contributed by atoms with van der Waals surface area (Å²) in [6.07, 6.45) is 7.21. The van der Waals surface area contributed by atoms with Crippen molar-refractivity contribution in [1.82, 2.24) is 10.3 Å². The SMILES string of the molecule is Oc1ccc2[nH]cc(CCNCC=Cc3ccccc3)c2c1. The van der Waals surface area contributed by atoms with Crippen LogP contribution in [0.15, 0.2) is 60.8 Å². The Balaban J connectivity index is 1.48. The summed E-state index contributed by atoms with van der Waals surface area (Å²) >= 11 is 0. The Morgan fingerprint density at radius 1 is 1.09 bits per heavy atom. The molecule has 0 bridgehead atoms. The van der Waals surface area contributed by atoms with Gasteiger partial charge in [0.05, 0.1) is 0 Å². The number of hydrogen-bond donors (Lipinski definition) is 3. The smallest absolute Gasteiger partial charge is 0.116 e. The lowest BCUT2D eigenvalue weighted by Gasteiger charge is -2.01. The Morgan fingerprint density at radius 3 is 2.82 bits per heavy atom. The number of rotatable bonds is 6. The molecule has 0 spiro atoms. The maximum Gasteiger partial charge on any atom is 0.116 e. The summed E-state index contributed by atoms with van der Waals surface area (Å²) in [5.74, 6) is 0.312. The normalized spacial score (nSPS) is 11.5. The summed E-state index contributed by atoms with van der Waals surface area (Å²) in [7, 11) is 0. The largest absolute Gasteiger partial charge is 0.508 e. The zero-order chi connectivity index (χ0) is 15.2. The van der Waals surface area contributed by atoms with Crippen LogP contribution in [0.25, 0.3) is 17.0 Å². The quantitative estimate of drug-likeness (QED) is 0.606. The van der Waals surface area contributed by atoms with Crippen LogP contribution in [0.1, 0.15) is 11.1 Å². The molecular formula is C19H20N2O. The fraction of sp³-hybridized carbons (Fsp3) is 0.158. The number of H-pyrrole nitrogens is 1. The van der Waals surface area contributed by atoms with Gasteiger partial charge < -0.3 is 15.4 Å². The van der Waals surface area contributed by atoms with Crippen molar-refractivity contribution in [2.24, 2.45) is 0 Å². The van der Waals surface area contributed by atoms with Crippen molar-refractivity contribution in [3.63, 3.8) is 0 Å². The van der Waals surface area contributed by atoms with Gasteiger partial charge in [0.15, 0.2) is 0 Å². The lowest BCUT2D eigenvalue weighted by atomic mass is 10.1. The van der Waals surface area contributed by atoms with Crippen LogP contribution < -0.4 is 5.32 Å². The van der Waals surface area contributed by atoms with Crippen LogP contribution in [-0.2, 0) is 6.42 Å². The third kappa shape index (κ3) is 3.57. The van der Waals surface area contributed by atoms with Crippen LogP contribution in [0.3, 0.4) is 0 Å². The lowest BCUT2D eigenvalue weighted by molar-refractivity contribution is 0.476. The van der Waals surface area contributed by atoms with Crippen molar-refractivity contribution in [2.45, 2.75) is 6.42 Å². The molecule has 0 atom stereocenters. The average Bonchev–Trinajstić information content (AvgIpc) is 2.94. The molecule has 0 aliphatic carbocycles. The van der Waals surface area contributed by atoms with E-state index in [9.17, 15) is 5.11 Å². The second-order valence-corrected chi connectivity index (χ2v) is 5.31. The summed E-state index contributed by atoms with van der Waals surface area (Å²) in [4.78, 5) is 3.24. The molecule has 3 heteroatoms. The van der Waals surface area contributed by atoms with E-state index in [4.69, 9.17) is 0 Å². The minimum absolute atomic E-state index is 0.312. The minimum Gasteiger partial charge on any atom is -0.508 e. The highest BCUT2D eigenvalue weighted by Crippen LogP contribution is 2.22. The van der Waals surface area contributed by atoms with Gasteiger partial charge in [-0.1, -0.05) is 42.5 Å². The maximum absolute atomic E-state index is 9.58. The molecule has 0 unspecified atom stereocenters. The highest BCUT2D eigenvalue weighted by molar-refractivity contribution is 5.84. The number of fused-ring (bicyclic) bond motifs is 1. The minimum atomic E-state index is 0.312. The molecule has 0 saturated heterocycles. The number of aromatic amines is 1. The van der Waals surface area contributed by atoms with Gasteiger partial charge in [-0.25, -0.2) is 0 Å². The van der Waals surface area contributed by atoms with Crippen LogP contribution in [0.4, 0.5) is 0 Å². The van der Waals surface area contributed by atoms with E-state index in [0.29, 0.717) is 5.75 Å². The molecule has 2 aromatic carbocycles. The van der Waals surface area contributed by atoms with Crippen molar-refractivity contribution >= 4 is 17.0 Å². The highest BCUT2D eigenvalue weighted by Gasteiger charge is 2.03. The second kappa shape index (κ2) is 6.96. The predicted octanol–water partition coefficient (Wildman–Crippen LogP) is 3.72. The molecule has 0 amide bonds. The Kier molecular flexibility index (Phi) is 4.56. The van der Waals surface area contributed by atoms with Gasteiger partial charge in [-0.15, -0.1) is 0 Å². The molecule has 3 aromatic rings. The molecule has 0 aliphatic heterocycles. The molecule has 1 heterocycles. The molecule has 112 valence electrons. The number of hydrogen-bond acceptors (Lipinski definition) is 2. The van der Waals surface area contributed by atoms with Crippen LogP contribution >= 0.6 is 0 Å². The van der Waals surface area contributed by atoms with Crippen LogP contribution in [0.5, 0.6) is 5.75 Å². The van der Waals surface area contributed by atoms with Crippen molar-refractivity contribution in [3.05, 3.63) is 71.9 Å². The molecule has 3 nitrogen and oxygen atoms in total. The first kappa shape index (κ1) is 14.4. The fourth-order valence-corrected chi connectivity index (χ4v) is 2.54. The first-order chi connectivity index (χ1) is 10.8. The molecule has 3 N–H and O–H groups in total. The third-order valence-corrected chi connectivity index (χ3v) is 3.69. The molecule has 0 aliphatic rings. The van der Waals surface area contributed by atoms with Gasteiger partial charge in [-0.05, 0) is 42.3 Å². The van der Waals surface area contributed by atoms with Crippen molar-refractivity contribution in [2.75, 3.05) is 13.1 Å². The van der Waals surface area contributed by atoms with Gasteiger partial charge in [-0.3, -0.25) is 0 Å². The Hall–Kier alpha value is -2.52. The molecule has 1 aromatic heterocycles. The molecule has 3 rings (SSSR count). The summed E-state index contributed by atoms with van der Waals surface area (Å²) in [6.45, 7) is 1.75. The zero-order valence-electron chi connectivity index (χ0n) is 12.4. The van der Waals surface area contributed by atoms with Gasteiger partial charge in [-0.2, -0.15) is 0 Å². The van der Waals surface area contributed by atoms with Crippen LogP contribution in [-0.4, -0.2) is 23.2 Å². The van der Waals surface area contributed by atoms with Gasteiger partial charge in [0.2, 0.25) is 0 Å². The van der Waals surface area contributed by atoms with E-state index in [1.807, 2.05) is 36.5 Å². The Bertz CT molecular complexity index is 759. The average molecular weight is 292 g/mol. The first-order valence-electron chi connectivity index (χ1n) is 7.54. The van der Waals surface area contributed by atoms with Crippen molar-refractivity contribution in [3.8, 4) is 5.75 Å². The summed E-state index contributed by atoms with van der Waals surface area (Å²) in [5, 5.41) is 14.1. The third-order valence-electron chi connectivity index (χ3n) is 3.69. The molecule has 0 radical (unpaired) electrons. The maximum atomic E-state index is 9.58. The summed E-state index contributed by atoms with van der Waals surface area (Å²) < 4.78 is 0. The lowest BCUT2D eigenvalue weighted by Crippen LogP contribution is -2.16. The van der Waals surface area contributed by atoms with E-state index in [-0.39, 0.29) is 0 Å². The standard InChI is InChI=1S/C19H20N2O/c22-17-8-9-19-18(13-17)16(14-21-19)10-12-20-11-4-7-15-5-2-1-3-6-15/h1-9,13-14,20-22H,10-12H2. The van der Waals surface area contributed by atoms with E-state index < -0.39 is 0 Å². The number of aromatic hydroxyl groups is 1. The number of nitrogens with one attached hydrogen (secondary N) is 2. The van der Waals surface area contributed by atoms with Gasteiger partial charge >= 0.3 is 0 Å². The van der Waals surface area contributed by atoms with E-state index in [2.05, 4.69) is 34.6 Å². The molecule has 0 saturated carbocycles. The number of phenols is 1. The van der Waals surface area contributed by atoms with Crippen molar-refractivity contribution < 1.29 is 5.11 Å². The zero-order valence-corrected chi connectivity index (χ0v) is 12.4. The van der Waals surface area contributed by atoms with E-state index in [0.717, 1.165) is 30.4 Å². The number of phenolic OH excluding ortho intramolecular Hbond substituents is 1. The second-order valence-electron chi connectivity index (χ2n) is 5.31. The Labute approximate surface area is 130 Å². The van der Waals surface area contributed by atoms with Crippen LogP contribution in [0, 0.1) is 0 Å². The van der Waals surface area contributed by atoms with E-state index in [1.54, 1.807) is 6.07 Å². The number of aromatic nitrogens is 1. The van der Waals surface area contributed by atoms with Gasteiger partial charge in [0, 0.05) is 23.6 Å². The number of benzene rings is 2. The van der Waals surface area contributed by atoms with Gasteiger partial charge in [0.25, 0.3) is 0 Å². The van der Waals surface area contributed by atoms with E-state index in [1.165, 1.54) is 11.1 Å². The summed E-state index contributed by atoms with van der Waals surface area (Å²) in [6, 6.07) is 15.7. The van der Waals surface area contributed by atoms with Crippen molar-refractivity contribution in [1.29, 1.82) is 0 Å². The highest BCUT2D eigenvalue weighted by atomic mass is 16.3. The monoisotopic (exact) mass is 292 g/mol. The first-order valence-corrected chi connectivity index (χ1v) is 7.54. The summed E-state index contributed by atoms with van der Waals surface area (Å²) in [5.41, 5.74) is 3.51. The molecular weight excluding hydrogens is 272 g/mol. The Morgan fingerprint density at radius 2 is 1.95 bits per heavy atom. The molecule has 22 heavy (non-hydrogen) atoms. The fourth-order valence-electron chi connectivity index (χ4n) is 2.54. The topological polar surface area (TPSA) is 48.0 Å². The van der Waals surface area contributed by atoms with E-state index >= 15 is 0 Å². The molecule has 0 fully saturated rings. The van der Waals surface area contributed by atoms with Crippen LogP contribution in [0.2, 0.25) is 0 Å². The predicted molar refractivity (Wildman–Crippen MR) is 92.0 cm³/mol. The van der Waals surface area contributed by atoms with Gasteiger partial charge in [0.1, 0.15) is 5.75 Å².